The van der Waals surface area contributed by atoms with E-state index in [4.69, 9.17) is 29.6 Å². The Morgan fingerprint density at radius 1 is 1.38 bits per heavy atom. The predicted octanol–water partition coefficient (Wildman–Crippen LogP) is 1.34. The van der Waals surface area contributed by atoms with Crippen LogP contribution >= 0.6 is 23.8 Å². The third kappa shape index (κ3) is 3.15. The molecule has 0 heterocycles. The van der Waals surface area contributed by atoms with Crippen LogP contribution in [0.4, 0.5) is 0 Å². The first-order valence-electron chi connectivity index (χ1n) is 4.88. The standard InChI is InChI=1S/C11H14ClNO2S/c12-6-5-9(14)10(15)7-3-1-2-4-8(7)11(13)16/h1-4,9-10,14-15H,5-6H2,(H2,13,16). The van der Waals surface area contributed by atoms with Gasteiger partial charge in [0, 0.05) is 11.4 Å². The van der Waals surface area contributed by atoms with Crippen molar-refractivity contribution in [2.75, 3.05) is 5.88 Å². The van der Waals surface area contributed by atoms with Gasteiger partial charge < -0.3 is 15.9 Å². The van der Waals surface area contributed by atoms with Crippen LogP contribution < -0.4 is 5.73 Å². The van der Waals surface area contributed by atoms with E-state index in [1.807, 2.05) is 0 Å². The zero-order valence-electron chi connectivity index (χ0n) is 8.64. The Bertz CT molecular complexity index is 373. The van der Waals surface area contributed by atoms with Gasteiger partial charge in [-0.25, -0.2) is 0 Å². The van der Waals surface area contributed by atoms with Crippen LogP contribution in [0.1, 0.15) is 23.7 Å². The molecule has 0 bridgehead atoms. The molecule has 4 N–H and O–H groups in total. The van der Waals surface area contributed by atoms with E-state index >= 15 is 0 Å². The fraction of sp³-hybridized carbons (Fsp3) is 0.364. The van der Waals surface area contributed by atoms with Gasteiger partial charge in [-0.1, -0.05) is 36.5 Å². The minimum atomic E-state index is -1.02. The van der Waals surface area contributed by atoms with Gasteiger partial charge in [-0.3, -0.25) is 0 Å². The fourth-order valence-electron chi connectivity index (χ4n) is 1.46. The lowest BCUT2D eigenvalue weighted by atomic mass is 9.97. The van der Waals surface area contributed by atoms with Crippen molar-refractivity contribution >= 4 is 28.8 Å². The molecule has 1 aromatic carbocycles. The lowest BCUT2D eigenvalue weighted by Crippen LogP contribution is -2.22. The van der Waals surface area contributed by atoms with Crippen LogP contribution in [-0.4, -0.2) is 27.2 Å². The van der Waals surface area contributed by atoms with E-state index < -0.39 is 12.2 Å². The summed E-state index contributed by atoms with van der Waals surface area (Å²) in [7, 11) is 0. The lowest BCUT2D eigenvalue weighted by Gasteiger charge is -2.19. The third-order valence-electron chi connectivity index (χ3n) is 2.31. The van der Waals surface area contributed by atoms with Crippen molar-refractivity contribution in [2.24, 2.45) is 5.73 Å². The molecule has 0 aromatic heterocycles. The molecule has 0 spiro atoms. The highest BCUT2D eigenvalue weighted by molar-refractivity contribution is 7.80. The summed E-state index contributed by atoms with van der Waals surface area (Å²) < 4.78 is 0. The number of aliphatic hydroxyl groups is 2. The lowest BCUT2D eigenvalue weighted by molar-refractivity contribution is 0.0169. The van der Waals surface area contributed by atoms with E-state index in [2.05, 4.69) is 0 Å². The molecule has 16 heavy (non-hydrogen) atoms. The summed E-state index contributed by atoms with van der Waals surface area (Å²) >= 11 is 10.4. The van der Waals surface area contributed by atoms with Crippen LogP contribution in [0.3, 0.4) is 0 Å². The maximum Gasteiger partial charge on any atom is 0.106 e. The van der Waals surface area contributed by atoms with Gasteiger partial charge in [0.25, 0.3) is 0 Å². The number of aliphatic hydroxyl groups excluding tert-OH is 2. The van der Waals surface area contributed by atoms with Gasteiger partial charge >= 0.3 is 0 Å². The van der Waals surface area contributed by atoms with Crippen molar-refractivity contribution in [1.29, 1.82) is 0 Å². The van der Waals surface area contributed by atoms with Crippen LogP contribution in [0.2, 0.25) is 0 Å². The summed E-state index contributed by atoms with van der Waals surface area (Å²) in [4.78, 5) is 0.202. The highest BCUT2D eigenvalue weighted by Gasteiger charge is 2.20. The second-order valence-corrected chi connectivity index (χ2v) is 4.26. The summed E-state index contributed by atoms with van der Waals surface area (Å²) in [5.41, 5.74) is 6.66. The number of hydrogen-bond acceptors (Lipinski definition) is 3. The van der Waals surface area contributed by atoms with Gasteiger partial charge in [0.05, 0.1) is 6.10 Å². The van der Waals surface area contributed by atoms with Gasteiger partial charge in [0.2, 0.25) is 0 Å². The smallest absolute Gasteiger partial charge is 0.106 e. The van der Waals surface area contributed by atoms with E-state index in [1.54, 1.807) is 24.3 Å². The number of alkyl halides is 1. The van der Waals surface area contributed by atoms with E-state index in [1.165, 1.54) is 0 Å². The number of hydrogen-bond donors (Lipinski definition) is 3. The molecular weight excluding hydrogens is 246 g/mol. The molecule has 0 aliphatic carbocycles. The summed E-state index contributed by atoms with van der Waals surface area (Å²) in [5.74, 6) is 0.285. The molecule has 5 heteroatoms. The monoisotopic (exact) mass is 259 g/mol. The summed E-state index contributed by atoms with van der Waals surface area (Å²) in [6, 6.07) is 6.94. The normalized spacial score (nSPS) is 14.4. The average molecular weight is 260 g/mol. The Morgan fingerprint density at radius 3 is 2.56 bits per heavy atom. The zero-order valence-corrected chi connectivity index (χ0v) is 10.2. The molecule has 88 valence electrons. The molecular formula is C11H14ClNO2S. The highest BCUT2D eigenvalue weighted by Crippen LogP contribution is 2.22. The number of rotatable bonds is 5. The topological polar surface area (TPSA) is 66.5 Å². The number of halogens is 1. The van der Waals surface area contributed by atoms with Crippen molar-refractivity contribution in [1.82, 2.24) is 0 Å². The average Bonchev–Trinajstić information content (AvgIpc) is 2.28. The summed E-state index contributed by atoms with van der Waals surface area (Å²) in [6.45, 7) is 0. The number of benzene rings is 1. The molecule has 1 rings (SSSR count). The van der Waals surface area contributed by atoms with Crippen LogP contribution in [0, 0.1) is 0 Å². The van der Waals surface area contributed by atoms with E-state index in [-0.39, 0.29) is 10.9 Å². The molecule has 0 radical (unpaired) electrons. The largest absolute Gasteiger partial charge is 0.390 e. The van der Waals surface area contributed by atoms with Gasteiger partial charge in [0.15, 0.2) is 0 Å². The number of thiocarbonyl (C=S) groups is 1. The SMILES string of the molecule is NC(=S)c1ccccc1C(O)C(O)CCCl. The predicted molar refractivity (Wildman–Crippen MR) is 68.6 cm³/mol. The van der Waals surface area contributed by atoms with Crippen LogP contribution in [0.25, 0.3) is 0 Å². The molecule has 0 saturated heterocycles. The molecule has 0 amide bonds. The van der Waals surface area contributed by atoms with Crippen molar-refractivity contribution in [3.05, 3.63) is 35.4 Å². The third-order valence-corrected chi connectivity index (χ3v) is 2.75. The Hall–Kier alpha value is -0.680. The zero-order chi connectivity index (χ0) is 12.1. The Morgan fingerprint density at radius 2 is 2.00 bits per heavy atom. The van der Waals surface area contributed by atoms with Gasteiger partial charge in [-0.05, 0) is 12.0 Å². The van der Waals surface area contributed by atoms with Gasteiger partial charge in [0.1, 0.15) is 11.1 Å². The Labute approximate surface area is 105 Å². The summed E-state index contributed by atoms with van der Waals surface area (Å²) in [5, 5.41) is 19.6. The van der Waals surface area contributed by atoms with Gasteiger partial charge in [-0.2, -0.15) is 0 Å². The first-order chi connectivity index (χ1) is 7.57. The minimum absolute atomic E-state index is 0.202. The van der Waals surface area contributed by atoms with Crippen molar-refractivity contribution in [2.45, 2.75) is 18.6 Å². The highest BCUT2D eigenvalue weighted by atomic mass is 35.5. The molecule has 2 unspecified atom stereocenters. The fourth-order valence-corrected chi connectivity index (χ4v) is 1.87. The van der Waals surface area contributed by atoms with E-state index in [0.717, 1.165) is 0 Å². The second-order valence-electron chi connectivity index (χ2n) is 3.44. The van der Waals surface area contributed by atoms with Crippen LogP contribution in [0.15, 0.2) is 24.3 Å². The Balaban J connectivity index is 2.98. The van der Waals surface area contributed by atoms with Crippen LogP contribution in [0.5, 0.6) is 0 Å². The molecule has 3 nitrogen and oxygen atoms in total. The maximum atomic E-state index is 9.93. The molecule has 2 atom stereocenters. The molecule has 1 aromatic rings. The van der Waals surface area contributed by atoms with E-state index in [9.17, 15) is 10.2 Å². The van der Waals surface area contributed by atoms with Crippen molar-refractivity contribution in [3.63, 3.8) is 0 Å². The first kappa shape index (κ1) is 13.4. The van der Waals surface area contributed by atoms with Crippen LogP contribution in [-0.2, 0) is 0 Å². The molecule has 0 aliphatic rings. The van der Waals surface area contributed by atoms with E-state index in [0.29, 0.717) is 17.5 Å². The van der Waals surface area contributed by atoms with Crippen molar-refractivity contribution < 1.29 is 10.2 Å². The van der Waals surface area contributed by atoms with Crippen molar-refractivity contribution in [3.8, 4) is 0 Å². The first-order valence-corrected chi connectivity index (χ1v) is 5.83. The summed E-state index contributed by atoms with van der Waals surface area (Å²) in [6.07, 6.45) is -1.61. The Kier molecular flexibility index (Phi) is 5.15. The van der Waals surface area contributed by atoms with Gasteiger partial charge in [-0.15, -0.1) is 11.6 Å². The minimum Gasteiger partial charge on any atom is -0.390 e. The number of nitrogens with two attached hydrogens (primary N) is 1. The molecule has 0 saturated carbocycles. The molecule has 0 aliphatic heterocycles. The quantitative estimate of drug-likeness (QED) is 0.552. The second kappa shape index (κ2) is 6.15. The maximum absolute atomic E-state index is 9.93. The molecule has 0 fully saturated rings.